The molecule has 0 saturated carbocycles. The van der Waals surface area contributed by atoms with Crippen LogP contribution in [-0.2, 0) is 14.3 Å². The summed E-state index contributed by atoms with van der Waals surface area (Å²) in [5, 5.41) is 5.59. The zero-order chi connectivity index (χ0) is 16.7. The predicted octanol–water partition coefficient (Wildman–Crippen LogP) is 2.34. The van der Waals surface area contributed by atoms with E-state index in [9.17, 15) is 9.59 Å². The molecule has 126 valence electrons. The lowest BCUT2D eigenvalue weighted by Crippen LogP contribution is -2.49. The van der Waals surface area contributed by atoms with E-state index in [4.69, 9.17) is 4.74 Å². The van der Waals surface area contributed by atoms with Gasteiger partial charge in [-0.1, -0.05) is 22.0 Å². The van der Waals surface area contributed by atoms with Crippen LogP contribution in [0.25, 0.3) is 0 Å². The summed E-state index contributed by atoms with van der Waals surface area (Å²) >= 11 is 4.96. The summed E-state index contributed by atoms with van der Waals surface area (Å²) in [6, 6.07) is 7.29. The molecule has 1 aliphatic heterocycles. The van der Waals surface area contributed by atoms with Crippen molar-refractivity contribution in [2.75, 3.05) is 18.9 Å². The summed E-state index contributed by atoms with van der Waals surface area (Å²) in [4.78, 5) is 24.7. The lowest BCUT2D eigenvalue weighted by atomic mass is 10.2. The van der Waals surface area contributed by atoms with Gasteiger partial charge >= 0.3 is 0 Å². The molecule has 0 radical (unpaired) electrons. The molecule has 1 heterocycles. The number of hydrogen-bond donors (Lipinski definition) is 2. The van der Waals surface area contributed by atoms with Crippen LogP contribution in [0.2, 0.25) is 0 Å². The second kappa shape index (κ2) is 9.30. The highest BCUT2D eigenvalue weighted by molar-refractivity contribution is 9.10. The van der Waals surface area contributed by atoms with E-state index in [1.54, 1.807) is 0 Å². The van der Waals surface area contributed by atoms with Gasteiger partial charge in [0.05, 0.1) is 6.10 Å². The number of carbonyl (C=O) groups excluding carboxylic acids is 2. The quantitative estimate of drug-likeness (QED) is 0.689. The van der Waals surface area contributed by atoms with Crippen molar-refractivity contribution in [3.05, 3.63) is 28.7 Å². The minimum Gasteiger partial charge on any atom is -0.376 e. The second-order valence-electron chi connectivity index (χ2n) is 5.40. The monoisotopic (exact) mass is 400 g/mol. The van der Waals surface area contributed by atoms with Crippen molar-refractivity contribution in [2.24, 2.45) is 0 Å². The van der Waals surface area contributed by atoms with E-state index in [2.05, 4.69) is 26.6 Å². The van der Waals surface area contributed by atoms with Gasteiger partial charge in [-0.15, -0.1) is 11.8 Å². The van der Waals surface area contributed by atoms with E-state index in [0.29, 0.717) is 12.3 Å². The molecule has 2 N–H and O–H groups in total. The molecule has 0 spiro atoms. The maximum atomic E-state index is 12.3. The third-order valence-electron chi connectivity index (χ3n) is 3.43. The predicted molar refractivity (Wildman–Crippen MR) is 94.5 cm³/mol. The molecule has 2 unspecified atom stereocenters. The molecule has 0 bridgehead atoms. The van der Waals surface area contributed by atoms with Gasteiger partial charge in [-0.2, -0.15) is 0 Å². The molecular formula is C16H21BrN2O3S. The first-order chi connectivity index (χ1) is 11.0. The lowest BCUT2D eigenvalue weighted by Gasteiger charge is -2.19. The molecule has 1 saturated heterocycles. The van der Waals surface area contributed by atoms with E-state index in [-0.39, 0.29) is 17.9 Å². The number of benzene rings is 1. The summed E-state index contributed by atoms with van der Waals surface area (Å²) in [5.74, 6) is 0.100. The van der Waals surface area contributed by atoms with Gasteiger partial charge < -0.3 is 15.4 Å². The third kappa shape index (κ3) is 6.53. The van der Waals surface area contributed by atoms with Gasteiger partial charge in [0.1, 0.15) is 6.04 Å². The van der Waals surface area contributed by atoms with Gasteiger partial charge in [0.2, 0.25) is 11.8 Å². The fourth-order valence-electron chi connectivity index (χ4n) is 2.31. The van der Waals surface area contributed by atoms with Crippen LogP contribution in [0.5, 0.6) is 0 Å². The van der Waals surface area contributed by atoms with Crippen molar-refractivity contribution in [2.45, 2.75) is 36.8 Å². The molecule has 23 heavy (non-hydrogen) atoms. The van der Waals surface area contributed by atoms with Crippen LogP contribution < -0.4 is 10.6 Å². The van der Waals surface area contributed by atoms with Gasteiger partial charge in [-0.05, 0) is 31.0 Å². The fourth-order valence-corrected chi connectivity index (χ4v) is 3.84. The first-order valence-electron chi connectivity index (χ1n) is 7.59. The topological polar surface area (TPSA) is 67.4 Å². The van der Waals surface area contributed by atoms with Gasteiger partial charge in [-0.25, -0.2) is 0 Å². The molecule has 5 nitrogen and oxygen atoms in total. The Kier molecular flexibility index (Phi) is 7.39. The van der Waals surface area contributed by atoms with Crippen molar-refractivity contribution in [1.82, 2.24) is 10.6 Å². The number of halogens is 1. The Balaban J connectivity index is 1.87. The van der Waals surface area contributed by atoms with Crippen LogP contribution in [0, 0.1) is 0 Å². The van der Waals surface area contributed by atoms with Crippen LogP contribution in [0.15, 0.2) is 33.6 Å². The van der Waals surface area contributed by atoms with Gasteiger partial charge in [0.25, 0.3) is 0 Å². The number of rotatable bonds is 7. The number of thioether (sulfide) groups is 1. The highest BCUT2D eigenvalue weighted by Gasteiger charge is 2.22. The minimum absolute atomic E-state index is 0.0923. The zero-order valence-corrected chi connectivity index (χ0v) is 15.4. The highest BCUT2D eigenvalue weighted by atomic mass is 79.9. The zero-order valence-electron chi connectivity index (χ0n) is 13.0. The molecule has 1 aromatic carbocycles. The molecule has 2 atom stereocenters. The molecule has 1 fully saturated rings. The molecule has 2 amide bonds. The molecule has 1 aromatic rings. The average molecular weight is 401 g/mol. The van der Waals surface area contributed by atoms with Crippen molar-refractivity contribution in [3.63, 3.8) is 0 Å². The fraction of sp³-hybridized carbons (Fsp3) is 0.500. The van der Waals surface area contributed by atoms with E-state index >= 15 is 0 Å². The van der Waals surface area contributed by atoms with Gasteiger partial charge in [0, 0.05) is 35.2 Å². The van der Waals surface area contributed by atoms with Crippen LogP contribution in [0.1, 0.15) is 19.8 Å². The molecule has 0 aromatic heterocycles. The van der Waals surface area contributed by atoms with Crippen LogP contribution in [-0.4, -0.2) is 42.9 Å². The summed E-state index contributed by atoms with van der Waals surface area (Å²) in [7, 11) is 0. The standard InChI is InChI=1S/C16H21BrN2O3S/c1-11(20)19-15(10-23-14-6-2-4-12(17)8-14)16(21)18-9-13-5-3-7-22-13/h2,4,6,8,13,15H,3,5,7,9-10H2,1H3,(H,18,21)(H,19,20). The lowest BCUT2D eigenvalue weighted by molar-refractivity contribution is -0.127. The summed E-state index contributed by atoms with van der Waals surface area (Å²) in [5.41, 5.74) is 0. The third-order valence-corrected chi connectivity index (χ3v) is 5.02. The molecule has 0 aliphatic carbocycles. The van der Waals surface area contributed by atoms with E-state index in [0.717, 1.165) is 28.8 Å². The van der Waals surface area contributed by atoms with Crippen molar-refractivity contribution < 1.29 is 14.3 Å². The highest BCUT2D eigenvalue weighted by Crippen LogP contribution is 2.22. The summed E-state index contributed by atoms with van der Waals surface area (Å²) in [6.45, 7) is 2.68. The van der Waals surface area contributed by atoms with Crippen LogP contribution >= 0.6 is 27.7 Å². The Hall–Kier alpha value is -1.05. The molecule has 1 aliphatic rings. The van der Waals surface area contributed by atoms with Gasteiger partial charge in [-0.3, -0.25) is 9.59 Å². The van der Waals surface area contributed by atoms with E-state index in [1.165, 1.54) is 18.7 Å². The maximum Gasteiger partial charge on any atom is 0.243 e. The minimum atomic E-state index is -0.558. The number of hydrogen-bond acceptors (Lipinski definition) is 4. The first kappa shape index (κ1) is 18.3. The SMILES string of the molecule is CC(=O)NC(CSc1cccc(Br)c1)C(=O)NCC1CCCO1. The smallest absolute Gasteiger partial charge is 0.243 e. The Morgan fingerprint density at radius 2 is 2.30 bits per heavy atom. The number of ether oxygens (including phenoxy) is 1. The normalized spacial score (nSPS) is 18.4. The summed E-state index contributed by atoms with van der Waals surface area (Å²) < 4.78 is 6.48. The number of nitrogens with one attached hydrogen (secondary N) is 2. The summed E-state index contributed by atoms with van der Waals surface area (Å²) in [6.07, 6.45) is 2.10. The molecular weight excluding hydrogens is 380 g/mol. The Morgan fingerprint density at radius 3 is 2.96 bits per heavy atom. The van der Waals surface area contributed by atoms with Crippen molar-refractivity contribution >= 4 is 39.5 Å². The van der Waals surface area contributed by atoms with Crippen molar-refractivity contribution in [1.29, 1.82) is 0 Å². The largest absolute Gasteiger partial charge is 0.376 e. The Morgan fingerprint density at radius 1 is 1.48 bits per heavy atom. The maximum absolute atomic E-state index is 12.3. The second-order valence-corrected chi connectivity index (χ2v) is 7.41. The van der Waals surface area contributed by atoms with E-state index in [1.807, 2.05) is 24.3 Å². The Bertz CT molecular complexity index is 550. The number of amides is 2. The first-order valence-corrected chi connectivity index (χ1v) is 9.37. The number of carbonyl (C=O) groups is 2. The Labute approximate surface area is 149 Å². The average Bonchev–Trinajstić information content (AvgIpc) is 3.02. The molecule has 2 rings (SSSR count). The van der Waals surface area contributed by atoms with Gasteiger partial charge in [0.15, 0.2) is 0 Å². The van der Waals surface area contributed by atoms with E-state index < -0.39 is 6.04 Å². The van der Waals surface area contributed by atoms with Crippen LogP contribution in [0.3, 0.4) is 0 Å². The van der Waals surface area contributed by atoms with Crippen molar-refractivity contribution in [3.8, 4) is 0 Å². The molecule has 7 heteroatoms. The van der Waals surface area contributed by atoms with Crippen LogP contribution in [0.4, 0.5) is 0 Å².